The predicted octanol–water partition coefficient (Wildman–Crippen LogP) is 4.19. The van der Waals surface area contributed by atoms with Crippen molar-refractivity contribution >= 4 is 37.1 Å². The highest BCUT2D eigenvalue weighted by molar-refractivity contribution is 7.59. The van der Waals surface area contributed by atoms with Crippen LogP contribution < -0.4 is 10.2 Å². The molecule has 0 saturated carbocycles. The van der Waals surface area contributed by atoms with Gasteiger partial charge in [0.2, 0.25) is 5.95 Å². The molecule has 0 aromatic carbocycles. The van der Waals surface area contributed by atoms with Gasteiger partial charge in [0.25, 0.3) is 0 Å². The number of aromatic nitrogens is 3. The minimum Gasteiger partial charge on any atom is -0.444 e. The average Bonchev–Trinajstić information content (AvgIpc) is 3.09. The number of rotatable bonds is 5. The first-order valence-corrected chi connectivity index (χ1v) is 9.87. The third kappa shape index (κ3) is 6.75. The summed E-state index contributed by atoms with van der Waals surface area (Å²) in [7, 11) is 0. The molecular formula is C20H28ClN5O2S. The average molecular weight is 438 g/mol. The van der Waals surface area contributed by atoms with Crippen molar-refractivity contribution in [1.29, 1.82) is 0 Å². The van der Waals surface area contributed by atoms with Gasteiger partial charge in [-0.05, 0) is 57.7 Å². The van der Waals surface area contributed by atoms with E-state index in [2.05, 4.69) is 25.2 Å². The molecule has 1 atom stereocenters. The summed E-state index contributed by atoms with van der Waals surface area (Å²) >= 11 is 5.96. The van der Waals surface area contributed by atoms with Crippen molar-refractivity contribution in [1.82, 2.24) is 20.3 Å². The summed E-state index contributed by atoms with van der Waals surface area (Å²) in [5.74, 6) is 0.712. The van der Waals surface area contributed by atoms with E-state index in [9.17, 15) is 4.79 Å². The van der Waals surface area contributed by atoms with Gasteiger partial charge in [0.05, 0.1) is 0 Å². The van der Waals surface area contributed by atoms with Crippen molar-refractivity contribution in [3.63, 3.8) is 0 Å². The molecule has 29 heavy (non-hydrogen) atoms. The SMILES string of the molecule is CC(C)(C)OC(=O)NCCC1CCCN1c1ncc(-c2ccnc(Cl)c2)cn1.S. The fraction of sp³-hybridized carbons (Fsp3) is 0.500. The summed E-state index contributed by atoms with van der Waals surface area (Å²) in [6.45, 7) is 7.03. The Morgan fingerprint density at radius 3 is 2.66 bits per heavy atom. The van der Waals surface area contributed by atoms with E-state index >= 15 is 0 Å². The number of nitrogens with zero attached hydrogens (tertiary/aromatic N) is 4. The Hall–Kier alpha value is -2.06. The van der Waals surface area contributed by atoms with E-state index in [1.165, 1.54) is 0 Å². The minimum atomic E-state index is -0.488. The Morgan fingerprint density at radius 2 is 2.00 bits per heavy atom. The van der Waals surface area contributed by atoms with E-state index in [0.717, 1.165) is 36.9 Å². The van der Waals surface area contributed by atoms with Crippen molar-refractivity contribution in [2.45, 2.75) is 51.7 Å². The molecule has 7 nitrogen and oxygen atoms in total. The number of carbonyl (C=O) groups is 1. The van der Waals surface area contributed by atoms with Crippen LogP contribution in [0.5, 0.6) is 0 Å². The van der Waals surface area contributed by atoms with Gasteiger partial charge in [-0.1, -0.05) is 11.6 Å². The fourth-order valence-electron chi connectivity index (χ4n) is 3.25. The van der Waals surface area contributed by atoms with Gasteiger partial charge in [-0.3, -0.25) is 0 Å². The van der Waals surface area contributed by atoms with Gasteiger partial charge in [0, 0.05) is 43.3 Å². The smallest absolute Gasteiger partial charge is 0.407 e. The Kier molecular flexibility index (Phi) is 8.10. The molecule has 1 unspecified atom stereocenters. The largest absolute Gasteiger partial charge is 0.444 e. The number of hydrogen-bond donors (Lipinski definition) is 1. The quantitative estimate of drug-likeness (QED) is 0.706. The van der Waals surface area contributed by atoms with Gasteiger partial charge in [0.1, 0.15) is 10.8 Å². The molecule has 1 aliphatic heterocycles. The Labute approximate surface area is 183 Å². The Bertz CT molecular complexity index is 813. The molecular weight excluding hydrogens is 410 g/mol. The number of ether oxygens (including phenoxy) is 1. The van der Waals surface area contributed by atoms with Crippen molar-refractivity contribution in [2.75, 3.05) is 18.0 Å². The lowest BCUT2D eigenvalue weighted by Gasteiger charge is -2.25. The molecule has 1 amide bonds. The van der Waals surface area contributed by atoms with Crippen LogP contribution >= 0.6 is 25.1 Å². The Morgan fingerprint density at radius 1 is 1.28 bits per heavy atom. The molecule has 1 aliphatic rings. The van der Waals surface area contributed by atoms with E-state index in [0.29, 0.717) is 23.7 Å². The lowest BCUT2D eigenvalue weighted by Crippen LogP contribution is -2.37. The molecule has 0 bridgehead atoms. The van der Waals surface area contributed by atoms with Crippen LogP contribution in [0.2, 0.25) is 5.15 Å². The molecule has 3 rings (SSSR count). The van der Waals surface area contributed by atoms with Crippen LogP contribution in [0.25, 0.3) is 11.1 Å². The lowest BCUT2D eigenvalue weighted by molar-refractivity contribution is 0.0526. The van der Waals surface area contributed by atoms with Crippen LogP contribution in [0.15, 0.2) is 30.7 Å². The highest BCUT2D eigenvalue weighted by Gasteiger charge is 2.26. The first kappa shape index (κ1) is 23.2. The van der Waals surface area contributed by atoms with Gasteiger partial charge < -0.3 is 15.0 Å². The number of anilines is 1. The molecule has 0 spiro atoms. The third-order valence-electron chi connectivity index (χ3n) is 4.48. The van der Waals surface area contributed by atoms with Crippen LogP contribution in [-0.4, -0.2) is 45.8 Å². The second kappa shape index (κ2) is 10.1. The fourth-order valence-corrected chi connectivity index (χ4v) is 3.43. The summed E-state index contributed by atoms with van der Waals surface area (Å²) in [4.78, 5) is 27.1. The number of halogens is 1. The number of alkyl carbamates (subject to hydrolysis) is 1. The van der Waals surface area contributed by atoms with E-state index in [4.69, 9.17) is 16.3 Å². The molecule has 9 heteroatoms. The Balaban J connectivity index is 0.00000300. The second-order valence-electron chi connectivity index (χ2n) is 7.85. The highest BCUT2D eigenvalue weighted by Crippen LogP contribution is 2.26. The third-order valence-corrected chi connectivity index (χ3v) is 4.68. The number of carbonyl (C=O) groups excluding carboxylic acids is 1. The monoisotopic (exact) mass is 437 g/mol. The van der Waals surface area contributed by atoms with E-state index in [-0.39, 0.29) is 19.6 Å². The number of amides is 1. The second-order valence-corrected chi connectivity index (χ2v) is 8.23. The van der Waals surface area contributed by atoms with Gasteiger partial charge in [-0.15, -0.1) is 0 Å². The normalized spacial score (nSPS) is 16.3. The molecule has 1 N–H and O–H groups in total. The van der Waals surface area contributed by atoms with E-state index in [1.54, 1.807) is 12.3 Å². The van der Waals surface area contributed by atoms with Crippen LogP contribution in [0.4, 0.5) is 10.7 Å². The molecule has 158 valence electrons. The van der Waals surface area contributed by atoms with Crippen molar-refractivity contribution in [3.05, 3.63) is 35.9 Å². The molecule has 2 aromatic rings. The lowest BCUT2D eigenvalue weighted by atomic mass is 10.1. The van der Waals surface area contributed by atoms with Crippen molar-refractivity contribution < 1.29 is 9.53 Å². The van der Waals surface area contributed by atoms with Gasteiger partial charge in [0.15, 0.2) is 0 Å². The van der Waals surface area contributed by atoms with E-state index < -0.39 is 5.60 Å². The molecule has 1 fully saturated rings. The van der Waals surface area contributed by atoms with Crippen LogP contribution in [0.3, 0.4) is 0 Å². The molecule has 2 aromatic heterocycles. The maximum Gasteiger partial charge on any atom is 0.407 e. The zero-order chi connectivity index (χ0) is 20.1. The zero-order valence-corrected chi connectivity index (χ0v) is 18.7. The molecule has 1 saturated heterocycles. The maximum atomic E-state index is 11.8. The summed E-state index contributed by atoms with van der Waals surface area (Å²) in [6, 6.07) is 3.97. The van der Waals surface area contributed by atoms with Crippen molar-refractivity contribution in [2.24, 2.45) is 0 Å². The number of nitrogens with one attached hydrogen (secondary N) is 1. The van der Waals surface area contributed by atoms with Crippen LogP contribution in [-0.2, 0) is 4.74 Å². The minimum absolute atomic E-state index is 0. The van der Waals surface area contributed by atoms with Crippen molar-refractivity contribution in [3.8, 4) is 11.1 Å². The van der Waals surface area contributed by atoms with Crippen LogP contribution in [0, 0.1) is 0 Å². The van der Waals surface area contributed by atoms with E-state index in [1.807, 2.05) is 39.2 Å². The van der Waals surface area contributed by atoms with Gasteiger partial charge in [-0.2, -0.15) is 13.5 Å². The first-order chi connectivity index (χ1) is 13.3. The molecule has 3 heterocycles. The predicted molar refractivity (Wildman–Crippen MR) is 120 cm³/mol. The highest BCUT2D eigenvalue weighted by atomic mass is 35.5. The van der Waals surface area contributed by atoms with Crippen LogP contribution in [0.1, 0.15) is 40.0 Å². The van der Waals surface area contributed by atoms with Gasteiger partial charge >= 0.3 is 6.09 Å². The number of hydrogen-bond acceptors (Lipinski definition) is 6. The zero-order valence-electron chi connectivity index (χ0n) is 17.0. The molecule has 0 radical (unpaired) electrons. The number of pyridine rings is 1. The topological polar surface area (TPSA) is 80.2 Å². The standard InChI is InChI=1S/C20H26ClN5O2.H2S/c1-20(2,3)28-19(27)23-9-7-16-5-4-10-26(16)18-24-12-15(13-25-18)14-6-8-22-17(21)11-14;/h6,8,11-13,16H,4-5,7,9-10H2,1-3H3,(H,23,27);1H2. The summed E-state index contributed by atoms with van der Waals surface area (Å²) in [5, 5.41) is 3.27. The first-order valence-electron chi connectivity index (χ1n) is 9.49. The molecule has 0 aliphatic carbocycles. The maximum absolute atomic E-state index is 11.8. The summed E-state index contributed by atoms with van der Waals surface area (Å²) in [5.41, 5.74) is 1.35. The summed E-state index contributed by atoms with van der Waals surface area (Å²) in [6.07, 6.45) is 7.87. The summed E-state index contributed by atoms with van der Waals surface area (Å²) < 4.78 is 5.28. The van der Waals surface area contributed by atoms with Gasteiger partial charge in [-0.25, -0.2) is 19.7 Å².